The Bertz CT molecular complexity index is 838. The summed E-state index contributed by atoms with van der Waals surface area (Å²) in [6.07, 6.45) is 3.67. The van der Waals surface area contributed by atoms with Crippen LogP contribution in [0.25, 0.3) is 22.2 Å². The van der Waals surface area contributed by atoms with E-state index in [1.54, 1.807) is 0 Å². The van der Waals surface area contributed by atoms with Gasteiger partial charge in [-0.15, -0.1) is 13.2 Å². The molecular weight excluding hydrogens is 294 g/mol. The average Bonchev–Trinajstić information content (AvgIpc) is 2.64. The minimum Gasteiger partial charge on any atom is -0.381 e. The largest absolute Gasteiger partial charge is 0.381 e. The van der Waals surface area contributed by atoms with E-state index in [9.17, 15) is 0 Å². The van der Waals surface area contributed by atoms with Gasteiger partial charge in [-0.25, -0.2) is 4.98 Å². The van der Waals surface area contributed by atoms with E-state index in [2.05, 4.69) is 42.0 Å². The summed E-state index contributed by atoms with van der Waals surface area (Å²) >= 11 is 0. The van der Waals surface area contributed by atoms with Crippen molar-refractivity contribution in [2.75, 3.05) is 23.7 Å². The molecule has 0 saturated carbocycles. The fourth-order valence-corrected chi connectivity index (χ4v) is 2.61. The molecule has 0 aliphatic carbocycles. The maximum Gasteiger partial charge on any atom is 0.0751 e. The van der Waals surface area contributed by atoms with Crippen LogP contribution in [-0.4, -0.2) is 18.1 Å². The molecule has 0 saturated heterocycles. The Morgan fingerprint density at radius 2 is 1.75 bits per heavy atom. The zero-order valence-electron chi connectivity index (χ0n) is 13.5. The first-order valence-corrected chi connectivity index (χ1v) is 7.94. The summed E-state index contributed by atoms with van der Waals surface area (Å²) in [4.78, 5) is 4.83. The Balaban J connectivity index is 2.13. The van der Waals surface area contributed by atoms with Gasteiger partial charge in [0, 0.05) is 35.8 Å². The summed E-state index contributed by atoms with van der Waals surface area (Å²) in [6.45, 7) is 8.90. The fourth-order valence-electron chi connectivity index (χ4n) is 2.61. The molecular formula is C21H20N3. The molecule has 3 heteroatoms. The maximum atomic E-state index is 4.83. The highest BCUT2D eigenvalue weighted by Gasteiger charge is 2.12. The Morgan fingerprint density at radius 3 is 2.58 bits per heavy atom. The lowest BCUT2D eigenvalue weighted by Gasteiger charge is -2.16. The SMILES string of the molecule is C=CCNc1[c]ccc(NCC=C)c1-c1ccc2ccccc2n1. The van der Waals surface area contributed by atoms with Crippen LogP contribution in [0.3, 0.4) is 0 Å². The lowest BCUT2D eigenvalue weighted by Crippen LogP contribution is -2.05. The summed E-state index contributed by atoms with van der Waals surface area (Å²) in [5.74, 6) is 0. The molecule has 0 aliphatic heterocycles. The van der Waals surface area contributed by atoms with E-state index < -0.39 is 0 Å². The lowest BCUT2D eigenvalue weighted by molar-refractivity contribution is 1.29. The van der Waals surface area contributed by atoms with E-state index in [1.807, 2.05) is 48.6 Å². The maximum absolute atomic E-state index is 4.83. The molecule has 0 unspecified atom stereocenters. The van der Waals surface area contributed by atoms with Gasteiger partial charge < -0.3 is 10.6 Å². The van der Waals surface area contributed by atoms with E-state index in [-0.39, 0.29) is 0 Å². The van der Waals surface area contributed by atoms with Gasteiger partial charge in [0.2, 0.25) is 0 Å². The van der Waals surface area contributed by atoms with Crippen molar-refractivity contribution in [2.24, 2.45) is 0 Å². The normalized spacial score (nSPS) is 10.3. The highest BCUT2D eigenvalue weighted by Crippen LogP contribution is 2.34. The van der Waals surface area contributed by atoms with Gasteiger partial charge in [-0.1, -0.05) is 42.5 Å². The van der Waals surface area contributed by atoms with Crippen LogP contribution in [0, 0.1) is 6.07 Å². The molecule has 0 fully saturated rings. The first kappa shape index (κ1) is 15.8. The van der Waals surface area contributed by atoms with Crippen molar-refractivity contribution in [1.82, 2.24) is 4.98 Å². The monoisotopic (exact) mass is 314 g/mol. The molecule has 1 aromatic heterocycles. The molecule has 24 heavy (non-hydrogen) atoms. The Labute approximate surface area is 142 Å². The fraction of sp³-hybridized carbons (Fsp3) is 0.0952. The Hall–Kier alpha value is -3.07. The molecule has 0 aliphatic rings. The van der Waals surface area contributed by atoms with Crippen LogP contribution in [0.1, 0.15) is 0 Å². The summed E-state index contributed by atoms with van der Waals surface area (Å²) in [5.41, 5.74) is 4.80. The van der Waals surface area contributed by atoms with Crippen LogP contribution in [0.2, 0.25) is 0 Å². The smallest absolute Gasteiger partial charge is 0.0751 e. The van der Waals surface area contributed by atoms with Crippen molar-refractivity contribution in [3.05, 3.63) is 79.9 Å². The summed E-state index contributed by atoms with van der Waals surface area (Å²) in [6, 6.07) is 19.4. The van der Waals surface area contributed by atoms with Gasteiger partial charge in [0.1, 0.15) is 0 Å². The summed E-state index contributed by atoms with van der Waals surface area (Å²) in [5, 5.41) is 7.86. The van der Waals surface area contributed by atoms with Gasteiger partial charge in [0.25, 0.3) is 0 Å². The molecule has 0 spiro atoms. The zero-order valence-corrected chi connectivity index (χ0v) is 13.5. The number of para-hydroxylation sites is 1. The zero-order chi connectivity index (χ0) is 16.8. The predicted octanol–water partition coefficient (Wildman–Crippen LogP) is 4.90. The van der Waals surface area contributed by atoms with Crippen LogP contribution < -0.4 is 10.6 Å². The molecule has 1 radical (unpaired) electrons. The van der Waals surface area contributed by atoms with E-state index in [1.165, 1.54) is 0 Å². The third kappa shape index (κ3) is 3.30. The molecule has 0 atom stereocenters. The van der Waals surface area contributed by atoms with Crippen molar-refractivity contribution in [2.45, 2.75) is 0 Å². The predicted molar refractivity (Wildman–Crippen MR) is 103 cm³/mol. The van der Waals surface area contributed by atoms with Crippen LogP contribution in [0.15, 0.2) is 73.8 Å². The van der Waals surface area contributed by atoms with E-state index in [0.29, 0.717) is 13.1 Å². The van der Waals surface area contributed by atoms with Gasteiger partial charge in [0.15, 0.2) is 0 Å². The van der Waals surface area contributed by atoms with Gasteiger partial charge in [-0.2, -0.15) is 0 Å². The molecule has 2 aromatic carbocycles. The molecule has 2 N–H and O–H groups in total. The average molecular weight is 314 g/mol. The first-order chi connectivity index (χ1) is 11.8. The van der Waals surface area contributed by atoms with Gasteiger partial charge in [0.05, 0.1) is 16.9 Å². The second-order valence-electron chi connectivity index (χ2n) is 5.37. The molecule has 3 aromatic rings. The molecule has 0 amide bonds. The first-order valence-electron chi connectivity index (χ1n) is 7.94. The molecule has 3 nitrogen and oxygen atoms in total. The number of hydrogen-bond donors (Lipinski definition) is 2. The van der Waals surface area contributed by atoms with E-state index >= 15 is 0 Å². The lowest BCUT2D eigenvalue weighted by atomic mass is 10.0. The van der Waals surface area contributed by atoms with Crippen molar-refractivity contribution in [1.29, 1.82) is 0 Å². The number of benzene rings is 2. The number of pyridine rings is 1. The van der Waals surface area contributed by atoms with Crippen LogP contribution in [0.4, 0.5) is 11.4 Å². The summed E-state index contributed by atoms with van der Waals surface area (Å²) < 4.78 is 0. The number of nitrogens with zero attached hydrogens (tertiary/aromatic N) is 1. The third-order valence-corrected chi connectivity index (χ3v) is 3.71. The Kier molecular flexibility index (Phi) is 4.92. The molecule has 3 rings (SSSR count). The number of hydrogen-bond acceptors (Lipinski definition) is 3. The van der Waals surface area contributed by atoms with Crippen molar-refractivity contribution in [3.63, 3.8) is 0 Å². The van der Waals surface area contributed by atoms with Gasteiger partial charge in [-0.3, -0.25) is 0 Å². The third-order valence-electron chi connectivity index (χ3n) is 3.71. The quantitative estimate of drug-likeness (QED) is 0.609. The number of fused-ring (bicyclic) bond motifs is 1. The number of rotatable bonds is 7. The number of aromatic nitrogens is 1. The van der Waals surface area contributed by atoms with Crippen molar-refractivity contribution >= 4 is 22.3 Å². The number of anilines is 2. The highest BCUT2D eigenvalue weighted by atomic mass is 14.9. The van der Waals surface area contributed by atoms with Crippen LogP contribution in [0.5, 0.6) is 0 Å². The van der Waals surface area contributed by atoms with Gasteiger partial charge in [-0.05, 0) is 18.2 Å². The van der Waals surface area contributed by atoms with Crippen molar-refractivity contribution < 1.29 is 0 Å². The molecule has 0 bridgehead atoms. The molecule has 1 heterocycles. The Morgan fingerprint density at radius 1 is 0.958 bits per heavy atom. The van der Waals surface area contributed by atoms with E-state index in [0.717, 1.165) is 33.5 Å². The topological polar surface area (TPSA) is 37.0 Å². The van der Waals surface area contributed by atoms with E-state index in [4.69, 9.17) is 4.98 Å². The molecule has 119 valence electrons. The second kappa shape index (κ2) is 7.47. The van der Waals surface area contributed by atoms with Gasteiger partial charge >= 0.3 is 0 Å². The van der Waals surface area contributed by atoms with Crippen LogP contribution >= 0.6 is 0 Å². The highest BCUT2D eigenvalue weighted by molar-refractivity contribution is 5.90. The van der Waals surface area contributed by atoms with Crippen LogP contribution in [-0.2, 0) is 0 Å². The van der Waals surface area contributed by atoms with Crippen molar-refractivity contribution in [3.8, 4) is 11.3 Å². The minimum atomic E-state index is 0.669. The second-order valence-corrected chi connectivity index (χ2v) is 5.37. The minimum absolute atomic E-state index is 0.669. The summed E-state index contributed by atoms with van der Waals surface area (Å²) in [7, 11) is 0. The standard InChI is InChI=1S/C21H20N3/c1-3-14-22-18-10-7-11-19(23-15-4-2)21(18)20-13-12-16-8-5-6-9-17(16)24-20/h3-10,12-13,22-23H,1-2,14-15H2. The number of nitrogens with one attached hydrogen (secondary N) is 2.